The highest BCUT2D eigenvalue weighted by Crippen LogP contribution is 2.22. The summed E-state index contributed by atoms with van der Waals surface area (Å²) in [6.07, 6.45) is 4.25. The molecule has 94 valence electrons. The molecule has 1 aliphatic rings. The Kier molecular flexibility index (Phi) is 5.77. The molecule has 4 nitrogen and oxygen atoms in total. The highest BCUT2D eigenvalue weighted by atomic mass is 16.5. The van der Waals surface area contributed by atoms with Crippen LogP contribution in [0.4, 0.5) is 0 Å². The lowest BCUT2D eigenvalue weighted by Crippen LogP contribution is -2.45. The fourth-order valence-electron chi connectivity index (χ4n) is 2.20. The third-order valence-corrected chi connectivity index (χ3v) is 3.17. The van der Waals surface area contributed by atoms with Crippen molar-refractivity contribution in [2.45, 2.75) is 51.7 Å². The zero-order valence-corrected chi connectivity index (χ0v) is 10.4. The number of nitrogens with one attached hydrogen (secondary N) is 1. The molecule has 3 atom stereocenters. The van der Waals surface area contributed by atoms with Gasteiger partial charge in [0.05, 0.1) is 12.0 Å². The second-order valence-electron chi connectivity index (χ2n) is 4.57. The van der Waals surface area contributed by atoms with Crippen molar-refractivity contribution in [3.05, 3.63) is 0 Å². The molecule has 4 heteroatoms. The molecular weight excluding hydrogens is 204 g/mol. The SMILES string of the molecule is CCOC(C)CNC(=O)C1CCCCC1N. The Bertz CT molecular complexity index is 221. The number of rotatable bonds is 5. The predicted octanol–water partition coefficient (Wildman–Crippen LogP) is 1.05. The molecule has 1 saturated carbocycles. The van der Waals surface area contributed by atoms with Crippen LogP contribution >= 0.6 is 0 Å². The lowest BCUT2D eigenvalue weighted by molar-refractivity contribution is -0.127. The molecule has 1 rings (SSSR count). The largest absolute Gasteiger partial charge is 0.377 e. The van der Waals surface area contributed by atoms with Gasteiger partial charge in [-0.3, -0.25) is 4.79 Å². The molecule has 1 fully saturated rings. The van der Waals surface area contributed by atoms with Gasteiger partial charge in [0.15, 0.2) is 0 Å². The van der Waals surface area contributed by atoms with Crippen molar-refractivity contribution in [2.24, 2.45) is 11.7 Å². The van der Waals surface area contributed by atoms with E-state index >= 15 is 0 Å². The Morgan fingerprint density at radius 1 is 1.50 bits per heavy atom. The smallest absolute Gasteiger partial charge is 0.224 e. The Labute approximate surface area is 97.9 Å². The molecule has 0 heterocycles. The fourth-order valence-corrected chi connectivity index (χ4v) is 2.20. The number of hydrogen-bond donors (Lipinski definition) is 2. The highest BCUT2D eigenvalue weighted by molar-refractivity contribution is 5.79. The van der Waals surface area contributed by atoms with Gasteiger partial charge >= 0.3 is 0 Å². The van der Waals surface area contributed by atoms with E-state index in [-0.39, 0.29) is 24.0 Å². The van der Waals surface area contributed by atoms with Gasteiger partial charge in [-0.2, -0.15) is 0 Å². The number of carbonyl (C=O) groups excluding carboxylic acids is 1. The van der Waals surface area contributed by atoms with Crippen LogP contribution in [0.25, 0.3) is 0 Å². The molecule has 0 aromatic carbocycles. The summed E-state index contributed by atoms with van der Waals surface area (Å²) >= 11 is 0. The van der Waals surface area contributed by atoms with E-state index in [4.69, 9.17) is 10.5 Å². The summed E-state index contributed by atoms with van der Waals surface area (Å²) in [5.41, 5.74) is 5.95. The Morgan fingerprint density at radius 3 is 2.81 bits per heavy atom. The lowest BCUT2D eigenvalue weighted by Gasteiger charge is -2.27. The van der Waals surface area contributed by atoms with Gasteiger partial charge in [-0.15, -0.1) is 0 Å². The first-order valence-corrected chi connectivity index (χ1v) is 6.30. The van der Waals surface area contributed by atoms with Crippen molar-refractivity contribution < 1.29 is 9.53 Å². The van der Waals surface area contributed by atoms with Gasteiger partial charge in [0.25, 0.3) is 0 Å². The van der Waals surface area contributed by atoms with Gasteiger partial charge < -0.3 is 15.8 Å². The average molecular weight is 228 g/mol. The van der Waals surface area contributed by atoms with Crippen molar-refractivity contribution in [3.63, 3.8) is 0 Å². The molecule has 0 bridgehead atoms. The number of ether oxygens (including phenoxy) is 1. The number of nitrogens with two attached hydrogens (primary N) is 1. The maximum Gasteiger partial charge on any atom is 0.224 e. The third-order valence-electron chi connectivity index (χ3n) is 3.17. The summed E-state index contributed by atoms with van der Waals surface area (Å²) in [5.74, 6) is 0.0985. The van der Waals surface area contributed by atoms with Gasteiger partial charge in [0, 0.05) is 19.2 Å². The van der Waals surface area contributed by atoms with Crippen LogP contribution in [0.5, 0.6) is 0 Å². The maximum atomic E-state index is 11.9. The third kappa shape index (κ3) is 4.10. The quantitative estimate of drug-likeness (QED) is 0.739. The van der Waals surface area contributed by atoms with Crippen LogP contribution in [0.3, 0.4) is 0 Å². The molecule has 3 unspecified atom stereocenters. The number of hydrogen-bond acceptors (Lipinski definition) is 3. The van der Waals surface area contributed by atoms with Gasteiger partial charge in [-0.1, -0.05) is 12.8 Å². The van der Waals surface area contributed by atoms with Crippen LogP contribution in [0.15, 0.2) is 0 Å². The first kappa shape index (κ1) is 13.5. The zero-order valence-electron chi connectivity index (χ0n) is 10.4. The van der Waals surface area contributed by atoms with Crippen LogP contribution < -0.4 is 11.1 Å². The maximum absolute atomic E-state index is 11.9. The standard InChI is InChI=1S/C12H24N2O2/c1-3-16-9(2)8-14-12(15)10-6-4-5-7-11(10)13/h9-11H,3-8,13H2,1-2H3,(H,14,15). The molecule has 0 aromatic rings. The van der Waals surface area contributed by atoms with E-state index in [0.717, 1.165) is 25.7 Å². The molecule has 16 heavy (non-hydrogen) atoms. The van der Waals surface area contributed by atoms with E-state index in [1.807, 2.05) is 13.8 Å². The summed E-state index contributed by atoms with van der Waals surface area (Å²) in [4.78, 5) is 11.9. The minimum Gasteiger partial charge on any atom is -0.377 e. The van der Waals surface area contributed by atoms with Gasteiger partial charge in [0.2, 0.25) is 5.91 Å². The van der Waals surface area contributed by atoms with Gasteiger partial charge in [-0.25, -0.2) is 0 Å². The van der Waals surface area contributed by atoms with Crippen LogP contribution in [0, 0.1) is 5.92 Å². The Balaban J connectivity index is 2.28. The molecule has 0 radical (unpaired) electrons. The summed E-state index contributed by atoms with van der Waals surface area (Å²) < 4.78 is 5.36. The normalized spacial score (nSPS) is 27.4. The van der Waals surface area contributed by atoms with Crippen LogP contribution in [-0.2, 0) is 9.53 Å². The first-order chi connectivity index (χ1) is 7.65. The average Bonchev–Trinajstić information content (AvgIpc) is 2.27. The molecule has 0 spiro atoms. The molecular formula is C12H24N2O2. The zero-order chi connectivity index (χ0) is 12.0. The van der Waals surface area contributed by atoms with Crippen molar-refractivity contribution in [1.82, 2.24) is 5.32 Å². The monoisotopic (exact) mass is 228 g/mol. The molecule has 0 saturated heterocycles. The van der Waals surface area contributed by atoms with E-state index < -0.39 is 0 Å². The summed E-state index contributed by atoms with van der Waals surface area (Å²) in [6, 6.07) is 0.0381. The van der Waals surface area contributed by atoms with Crippen LogP contribution in [0.1, 0.15) is 39.5 Å². The summed E-state index contributed by atoms with van der Waals surface area (Å²) in [6.45, 7) is 5.18. The molecule has 1 aliphatic carbocycles. The number of amides is 1. The fraction of sp³-hybridized carbons (Fsp3) is 0.917. The van der Waals surface area contributed by atoms with Crippen LogP contribution in [-0.4, -0.2) is 31.2 Å². The highest BCUT2D eigenvalue weighted by Gasteiger charge is 2.28. The lowest BCUT2D eigenvalue weighted by atomic mass is 9.84. The molecule has 0 aromatic heterocycles. The van der Waals surface area contributed by atoms with Crippen molar-refractivity contribution in [3.8, 4) is 0 Å². The van der Waals surface area contributed by atoms with Crippen molar-refractivity contribution >= 4 is 5.91 Å². The Morgan fingerprint density at radius 2 is 2.19 bits per heavy atom. The van der Waals surface area contributed by atoms with E-state index in [1.54, 1.807) is 0 Å². The van der Waals surface area contributed by atoms with E-state index in [0.29, 0.717) is 13.2 Å². The molecule has 1 amide bonds. The van der Waals surface area contributed by atoms with E-state index in [2.05, 4.69) is 5.32 Å². The van der Waals surface area contributed by atoms with Gasteiger partial charge in [-0.05, 0) is 26.7 Å². The second kappa shape index (κ2) is 6.86. The molecule has 0 aliphatic heterocycles. The second-order valence-corrected chi connectivity index (χ2v) is 4.57. The van der Waals surface area contributed by atoms with Crippen molar-refractivity contribution in [1.29, 1.82) is 0 Å². The summed E-state index contributed by atoms with van der Waals surface area (Å²) in [7, 11) is 0. The molecule has 3 N–H and O–H groups in total. The minimum atomic E-state index is 0.00239. The summed E-state index contributed by atoms with van der Waals surface area (Å²) in [5, 5.41) is 2.92. The van der Waals surface area contributed by atoms with Gasteiger partial charge in [0.1, 0.15) is 0 Å². The first-order valence-electron chi connectivity index (χ1n) is 6.30. The topological polar surface area (TPSA) is 64.3 Å². The van der Waals surface area contributed by atoms with E-state index in [1.165, 1.54) is 0 Å². The minimum absolute atomic E-state index is 0.00239. The Hall–Kier alpha value is -0.610. The van der Waals surface area contributed by atoms with Crippen molar-refractivity contribution in [2.75, 3.05) is 13.2 Å². The van der Waals surface area contributed by atoms with E-state index in [9.17, 15) is 4.79 Å². The van der Waals surface area contributed by atoms with Crippen LogP contribution in [0.2, 0.25) is 0 Å². The predicted molar refractivity (Wildman–Crippen MR) is 64.0 cm³/mol. The number of carbonyl (C=O) groups is 1.